The maximum atomic E-state index is 13.0. The number of pyridine rings is 1. The number of hydrogen-bond acceptors (Lipinski definition) is 5. The van der Waals surface area contributed by atoms with Gasteiger partial charge in [-0.25, -0.2) is 4.98 Å². The Balaban J connectivity index is 1.23. The molecule has 0 N–H and O–H groups in total. The predicted octanol–water partition coefficient (Wildman–Crippen LogP) is 2.78. The number of nitrogens with zero attached hydrogens (tertiary/aromatic N) is 4. The van der Waals surface area contributed by atoms with Crippen LogP contribution in [-0.4, -0.2) is 43.5 Å². The monoisotopic (exact) mass is 404 g/mol. The lowest BCUT2D eigenvalue weighted by Gasteiger charge is -2.39. The molecule has 2 fully saturated rings. The summed E-state index contributed by atoms with van der Waals surface area (Å²) in [6.07, 6.45) is 9.14. The van der Waals surface area contributed by atoms with Gasteiger partial charge in [0.15, 0.2) is 0 Å². The van der Waals surface area contributed by atoms with Crippen LogP contribution in [0.15, 0.2) is 59.9 Å². The molecule has 7 nitrogen and oxygen atoms in total. The zero-order chi connectivity index (χ0) is 20.5. The van der Waals surface area contributed by atoms with E-state index >= 15 is 0 Å². The van der Waals surface area contributed by atoms with Gasteiger partial charge in [-0.2, -0.15) is 0 Å². The summed E-state index contributed by atoms with van der Waals surface area (Å²) in [5, 5.41) is 0.584. The smallest absolute Gasteiger partial charge is 0.261 e. The quantitative estimate of drug-likeness (QED) is 0.654. The van der Waals surface area contributed by atoms with Crippen LogP contribution in [0.2, 0.25) is 0 Å². The van der Waals surface area contributed by atoms with E-state index < -0.39 is 0 Å². The number of rotatable bonds is 5. The Hall–Kier alpha value is -3.22. The number of ether oxygens (including phenoxy) is 1. The van der Waals surface area contributed by atoms with Gasteiger partial charge in [-0.1, -0.05) is 12.1 Å². The average molecular weight is 404 g/mol. The SMILES string of the molecule is O=C(CCn1cnc2ccccc2c1=O)N1C2CCC1CC(Oc1cccnc1)C2. The van der Waals surface area contributed by atoms with Crippen LogP contribution in [0.25, 0.3) is 10.9 Å². The summed E-state index contributed by atoms with van der Waals surface area (Å²) in [5.41, 5.74) is 0.582. The molecule has 0 spiro atoms. The van der Waals surface area contributed by atoms with E-state index in [4.69, 9.17) is 4.74 Å². The van der Waals surface area contributed by atoms with Crippen LogP contribution in [0, 0.1) is 0 Å². The fraction of sp³-hybridized carbons (Fsp3) is 0.391. The molecule has 0 aliphatic carbocycles. The minimum absolute atomic E-state index is 0.0973. The van der Waals surface area contributed by atoms with Gasteiger partial charge in [0.05, 0.1) is 23.4 Å². The summed E-state index contributed by atoms with van der Waals surface area (Å²) in [5.74, 6) is 0.896. The van der Waals surface area contributed by atoms with Crippen LogP contribution in [0.3, 0.4) is 0 Å². The van der Waals surface area contributed by atoms with Crippen molar-refractivity contribution in [3.63, 3.8) is 0 Å². The molecule has 5 rings (SSSR count). The number of aromatic nitrogens is 3. The fourth-order valence-corrected chi connectivity index (χ4v) is 4.85. The number of hydrogen-bond donors (Lipinski definition) is 0. The van der Waals surface area contributed by atoms with Crippen molar-refractivity contribution in [2.24, 2.45) is 0 Å². The maximum absolute atomic E-state index is 13.0. The number of carbonyl (C=O) groups excluding carboxylic acids is 1. The Morgan fingerprint density at radius 2 is 1.90 bits per heavy atom. The predicted molar refractivity (Wildman–Crippen MR) is 112 cm³/mol. The molecule has 2 aromatic heterocycles. The largest absolute Gasteiger partial charge is 0.489 e. The van der Waals surface area contributed by atoms with Crippen molar-refractivity contribution < 1.29 is 9.53 Å². The first-order valence-electron chi connectivity index (χ1n) is 10.5. The van der Waals surface area contributed by atoms with Gasteiger partial charge >= 0.3 is 0 Å². The topological polar surface area (TPSA) is 77.3 Å². The van der Waals surface area contributed by atoms with Gasteiger partial charge in [0.1, 0.15) is 11.9 Å². The van der Waals surface area contributed by atoms with Crippen LogP contribution in [0.4, 0.5) is 0 Å². The summed E-state index contributed by atoms with van der Waals surface area (Å²) in [7, 11) is 0. The highest BCUT2D eigenvalue weighted by atomic mass is 16.5. The second-order valence-corrected chi connectivity index (χ2v) is 8.10. The highest BCUT2D eigenvalue weighted by molar-refractivity contribution is 5.78. The molecule has 2 unspecified atom stereocenters. The lowest BCUT2D eigenvalue weighted by atomic mass is 9.99. The van der Waals surface area contributed by atoms with Crippen molar-refractivity contribution in [2.45, 2.75) is 56.8 Å². The summed E-state index contributed by atoms with van der Waals surface area (Å²) in [6.45, 7) is 0.348. The number of piperidine rings is 1. The highest BCUT2D eigenvalue weighted by Crippen LogP contribution is 2.37. The first-order chi connectivity index (χ1) is 14.7. The van der Waals surface area contributed by atoms with E-state index in [1.54, 1.807) is 29.4 Å². The number of fused-ring (bicyclic) bond motifs is 3. The van der Waals surface area contributed by atoms with Crippen LogP contribution in [0.5, 0.6) is 5.75 Å². The Kier molecular flexibility index (Phi) is 4.94. The van der Waals surface area contributed by atoms with Gasteiger partial charge < -0.3 is 9.64 Å². The Morgan fingerprint density at radius 3 is 2.67 bits per heavy atom. The van der Waals surface area contributed by atoms with Crippen LogP contribution in [-0.2, 0) is 11.3 Å². The van der Waals surface area contributed by atoms with Crippen molar-refractivity contribution in [1.82, 2.24) is 19.4 Å². The third kappa shape index (κ3) is 3.56. The van der Waals surface area contributed by atoms with Crippen molar-refractivity contribution in [2.75, 3.05) is 0 Å². The summed E-state index contributed by atoms with van der Waals surface area (Å²) in [6, 6.07) is 11.5. The van der Waals surface area contributed by atoms with E-state index in [0.717, 1.165) is 31.4 Å². The Morgan fingerprint density at radius 1 is 1.10 bits per heavy atom. The lowest BCUT2D eigenvalue weighted by molar-refractivity contribution is -0.137. The number of benzene rings is 1. The standard InChI is InChI=1S/C23H24N4O3/c28-22(9-11-26-15-25-21-6-2-1-5-20(21)23(26)29)27-16-7-8-17(27)13-19(12-16)30-18-4-3-10-24-14-18/h1-6,10,14-17,19H,7-9,11-13H2. The molecule has 0 radical (unpaired) electrons. The van der Waals surface area contributed by atoms with Crippen molar-refractivity contribution in [3.05, 3.63) is 65.5 Å². The molecule has 4 heterocycles. The van der Waals surface area contributed by atoms with Crippen molar-refractivity contribution >= 4 is 16.8 Å². The van der Waals surface area contributed by atoms with Crippen molar-refractivity contribution in [3.8, 4) is 5.75 Å². The van der Waals surface area contributed by atoms with Crippen molar-refractivity contribution in [1.29, 1.82) is 0 Å². The van der Waals surface area contributed by atoms with Gasteiger partial charge in [-0.3, -0.25) is 19.1 Å². The molecule has 0 saturated carbocycles. The second kappa shape index (κ2) is 7.89. The molecule has 154 valence electrons. The number of aryl methyl sites for hydroxylation is 1. The molecule has 7 heteroatoms. The van der Waals surface area contributed by atoms with E-state index in [9.17, 15) is 9.59 Å². The molecule has 1 amide bonds. The summed E-state index contributed by atoms with van der Waals surface area (Å²) >= 11 is 0. The zero-order valence-corrected chi connectivity index (χ0v) is 16.7. The Labute approximate surface area is 174 Å². The van der Waals surface area contributed by atoms with Crippen LogP contribution >= 0.6 is 0 Å². The first-order valence-corrected chi connectivity index (χ1v) is 10.5. The van der Waals surface area contributed by atoms with Gasteiger partial charge in [-0.15, -0.1) is 0 Å². The first kappa shape index (κ1) is 18.8. The van der Waals surface area contributed by atoms with Crippen LogP contribution < -0.4 is 10.3 Å². The normalized spacial score (nSPS) is 22.9. The van der Waals surface area contributed by atoms with Crippen LogP contribution in [0.1, 0.15) is 32.1 Å². The average Bonchev–Trinajstić information content (AvgIpc) is 3.04. The zero-order valence-electron chi connectivity index (χ0n) is 16.7. The third-order valence-corrected chi connectivity index (χ3v) is 6.21. The number of carbonyl (C=O) groups is 1. The lowest BCUT2D eigenvalue weighted by Crippen LogP contribution is -2.49. The van der Waals surface area contributed by atoms with E-state index in [2.05, 4.69) is 9.97 Å². The summed E-state index contributed by atoms with van der Waals surface area (Å²) in [4.78, 5) is 36.2. The molecule has 2 aliphatic rings. The molecule has 2 saturated heterocycles. The summed E-state index contributed by atoms with van der Waals surface area (Å²) < 4.78 is 7.64. The van der Waals surface area contributed by atoms with Gasteiger partial charge in [0, 0.05) is 44.1 Å². The molecular formula is C23H24N4O3. The second-order valence-electron chi connectivity index (χ2n) is 8.10. The molecular weight excluding hydrogens is 380 g/mol. The highest BCUT2D eigenvalue weighted by Gasteiger charge is 2.43. The Bertz CT molecular complexity index is 1100. The number of amides is 1. The minimum Gasteiger partial charge on any atom is -0.489 e. The van der Waals surface area contributed by atoms with Gasteiger partial charge in [0.25, 0.3) is 5.56 Å². The molecule has 2 bridgehead atoms. The molecule has 2 aliphatic heterocycles. The molecule has 1 aromatic carbocycles. The maximum Gasteiger partial charge on any atom is 0.261 e. The van der Waals surface area contributed by atoms with E-state index in [1.165, 1.54) is 0 Å². The minimum atomic E-state index is -0.0973. The fourth-order valence-electron chi connectivity index (χ4n) is 4.85. The van der Waals surface area contributed by atoms with Gasteiger partial charge in [-0.05, 0) is 37.1 Å². The number of para-hydroxylation sites is 1. The third-order valence-electron chi connectivity index (χ3n) is 6.21. The van der Waals surface area contributed by atoms with Gasteiger partial charge in [0.2, 0.25) is 5.91 Å². The van der Waals surface area contributed by atoms with E-state index in [-0.39, 0.29) is 29.7 Å². The molecule has 30 heavy (non-hydrogen) atoms. The molecule has 3 aromatic rings. The van der Waals surface area contributed by atoms with E-state index in [0.29, 0.717) is 23.9 Å². The van der Waals surface area contributed by atoms with E-state index in [1.807, 2.05) is 35.2 Å². The molecule has 2 atom stereocenters.